The largest absolute Gasteiger partial charge is 0.322 e. The minimum atomic E-state index is 0.823. The van der Waals surface area contributed by atoms with Gasteiger partial charge in [-0.1, -0.05) is 12.2 Å². The van der Waals surface area contributed by atoms with E-state index in [-0.39, 0.29) is 0 Å². The lowest BCUT2D eigenvalue weighted by Gasteiger charge is -2.24. The van der Waals surface area contributed by atoms with Gasteiger partial charge in [0.05, 0.1) is 5.52 Å². The average molecular weight is 328 g/mol. The molecule has 0 radical (unpaired) electrons. The van der Waals surface area contributed by atoms with Gasteiger partial charge in [0.15, 0.2) is 5.65 Å². The molecule has 0 spiro atoms. The van der Waals surface area contributed by atoms with Crippen molar-refractivity contribution >= 4 is 22.2 Å². The number of aromatic nitrogens is 5. The Balaban J connectivity index is 1.66. The monoisotopic (exact) mass is 328 g/mol. The van der Waals surface area contributed by atoms with Crippen LogP contribution in [0.2, 0.25) is 0 Å². The van der Waals surface area contributed by atoms with Crippen molar-refractivity contribution in [3.05, 3.63) is 66.9 Å². The summed E-state index contributed by atoms with van der Waals surface area (Å²) in [6.45, 7) is 2.13. The van der Waals surface area contributed by atoms with Gasteiger partial charge in [-0.15, -0.1) is 0 Å². The zero-order valence-corrected chi connectivity index (χ0v) is 13.7. The predicted octanol–water partition coefficient (Wildman–Crippen LogP) is 3.90. The number of aromatic amines is 1. The lowest BCUT2D eigenvalue weighted by atomic mass is 10.1. The molecule has 0 atom stereocenters. The van der Waals surface area contributed by atoms with E-state index < -0.39 is 0 Å². The Morgan fingerprint density at radius 3 is 3.04 bits per heavy atom. The molecule has 0 bridgehead atoms. The second-order valence-corrected chi connectivity index (χ2v) is 6.12. The van der Waals surface area contributed by atoms with Gasteiger partial charge in [0.1, 0.15) is 12.0 Å². The van der Waals surface area contributed by atoms with E-state index in [1.165, 1.54) is 5.70 Å². The van der Waals surface area contributed by atoms with Crippen molar-refractivity contribution in [2.75, 3.05) is 4.90 Å². The molecule has 0 fully saturated rings. The summed E-state index contributed by atoms with van der Waals surface area (Å²) in [7, 11) is 0. The number of allylic oxidation sites excluding steroid dienone is 3. The van der Waals surface area contributed by atoms with Crippen molar-refractivity contribution in [1.82, 2.24) is 24.8 Å². The van der Waals surface area contributed by atoms with Crippen LogP contribution in [0.3, 0.4) is 0 Å². The molecule has 0 unspecified atom stereocenters. The summed E-state index contributed by atoms with van der Waals surface area (Å²) >= 11 is 0. The van der Waals surface area contributed by atoms with Crippen LogP contribution in [0, 0.1) is 0 Å². The number of anilines is 1. The normalized spacial score (nSPS) is 14.4. The Bertz CT molecular complexity index is 1150. The van der Waals surface area contributed by atoms with Crippen LogP contribution in [-0.2, 0) is 0 Å². The third-order valence-corrected chi connectivity index (χ3v) is 4.56. The molecule has 1 aromatic carbocycles. The topological polar surface area (TPSA) is 62.1 Å². The van der Waals surface area contributed by atoms with Crippen LogP contribution in [0.15, 0.2) is 66.9 Å². The molecule has 1 aliphatic rings. The molecule has 0 aliphatic carbocycles. The fourth-order valence-electron chi connectivity index (χ4n) is 3.24. The van der Waals surface area contributed by atoms with Crippen LogP contribution < -0.4 is 4.90 Å². The van der Waals surface area contributed by atoms with Crippen molar-refractivity contribution < 1.29 is 0 Å². The Labute approximate surface area is 144 Å². The van der Waals surface area contributed by atoms with Crippen LogP contribution in [-0.4, -0.2) is 24.8 Å². The van der Waals surface area contributed by atoms with E-state index in [4.69, 9.17) is 0 Å². The molecule has 4 aromatic rings. The second kappa shape index (κ2) is 5.31. The summed E-state index contributed by atoms with van der Waals surface area (Å²) in [5.74, 6) is 0. The average Bonchev–Trinajstić information content (AvgIpc) is 3.27. The summed E-state index contributed by atoms with van der Waals surface area (Å²) in [5.41, 5.74) is 6.11. The van der Waals surface area contributed by atoms with Crippen molar-refractivity contribution in [3.63, 3.8) is 0 Å². The van der Waals surface area contributed by atoms with Crippen LogP contribution >= 0.6 is 0 Å². The predicted molar refractivity (Wildman–Crippen MR) is 98.1 cm³/mol. The molecule has 0 amide bonds. The fraction of sp³-hybridized carbons (Fsp3) is 0.105. The third-order valence-electron chi connectivity index (χ3n) is 4.56. The van der Waals surface area contributed by atoms with E-state index >= 15 is 0 Å². The van der Waals surface area contributed by atoms with Gasteiger partial charge >= 0.3 is 0 Å². The number of hydrogen-bond acceptors (Lipinski definition) is 4. The molecule has 3 aromatic heterocycles. The van der Waals surface area contributed by atoms with Crippen molar-refractivity contribution in [2.45, 2.75) is 13.3 Å². The Morgan fingerprint density at radius 1 is 1.16 bits per heavy atom. The van der Waals surface area contributed by atoms with Crippen LogP contribution in [0.5, 0.6) is 0 Å². The first-order valence-electron chi connectivity index (χ1n) is 8.20. The van der Waals surface area contributed by atoms with E-state index in [2.05, 4.69) is 68.7 Å². The molecule has 4 heterocycles. The standard InChI is InChI=1S/C19H16N6/c1-13-4-2-3-9-24(13)15-6-7-17-16(10-15)19(23-22-17)14-5-8-18-20-12-21-25(18)11-14/h3-12H,2H2,1H3,(H,22,23). The number of rotatable bonds is 2. The Kier molecular flexibility index (Phi) is 2.97. The molecule has 1 N–H and O–H groups in total. The Hall–Kier alpha value is -3.41. The number of fused-ring (bicyclic) bond motifs is 2. The van der Waals surface area contributed by atoms with Crippen LogP contribution in [0.4, 0.5) is 5.69 Å². The number of H-pyrrole nitrogens is 1. The zero-order valence-electron chi connectivity index (χ0n) is 13.7. The fourth-order valence-corrected chi connectivity index (χ4v) is 3.24. The van der Waals surface area contributed by atoms with Gasteiger partial charge < -0.3 is 4.90 Å². The highest BCUT2D eigenvalue weighted by molar-refractivity contribution is 5.95. The molecule has 6 nitrogen and oxygen atoms in total. The maximum Gasteiger partial charge on any atom is 0.155 e. The number of hydrogen-bond donors (Lipinski definition) is 1. The van der Waals surface area contributed by atoms with Gasteiger partial charge in [-0.25, -0.2) is 9.50 Å². The minimum absolute atomic E-state index is 0.823. The zero-order chi connectivity index (χ0) is 16.8. The molecule has 122 valence electrons. The summed E-state index contributed by atoms with van der Waals surface area (Å²) in [6.07, 6.45) is 11.0. The van der Waals surface area contributed by atoms with Gasteiger partial charge in [-0.2, -0.15) is 10.2 Å². The van der Waals surface area contributed by atoms with Crippen molar-refractivity contribution in [1.29, 1.82) is 0 Å². The molecular weight excluding hydrogens is 312 g/mol. The number of nitrogens with one attached hydrogen (secondary N) is 1. The minimum Gasteiger partial charge on any atom is -0.322 e. The van der Waals surface area contributed by atoms with Gasteiger partial charge in [0.2, 0.25) is 0 Å². The highest BCUT2D eigenvalue weighted by atomic mass is 15.3. The molecule has 1 aliphatic heterocycles. The maximum atomic E-state index is 4.52. The first-order valence-corrected chi connectivity index (χ1v) is 8.20. The summed E-state index contributed by atoms with van der Waals surface area (Å²) < 4.78 is 1.76. The van der Waals surface area contributed by atoms with Gasteiger partial charge in [-0.3, -0.25) is 5.10 Å². The molecule has 5 rings (SSSR count). The van der Waals surface area contributed by atoms with Gasteiger partial charge in [0, 0.05) is 34.7 Å². The van der Waals surface area contributed by atoms with Crippen LogP contribution in [0.25, 0.3) is 27.8 Å². The lowest BCUT2D eigenvalue weighted by Crippen LogP contribution is -2.14. The second-order valence-electron chi connectivity index (χ2n) is 6.12. The smallest absolute Gasteiger partial charge is 0.155 e. The van der Waals surface area contributed by atoms with Crippen LogP contribution in [0.1, 0.15) is 13.3 Å². The summed E-state index contributed by atoms with van der Waals surface area (Å²) in [6, 6.07) is 10.3. The van der Waals surface area contributed by atoms with E-state index in [0.29, 0.717) is 0 Å². The van der Waals surface area contributed by atoms with E-state index in [9.17, 15) is 0 Å². The molecule has 6 heteroatoms. The van der Waals surface area contributed by atoms with Crippen molar-refractivity contribution in [2.24, 2.45) is 0 Å². The SMILES string of the molecule is CC1=CCC=CN1c1ccc2[nH]nc(-c3ccc4ncnn4c3)c2c1. The number of pyridine rings is 1. The number of benzene rings is 1. The molecule has 25 heavy (non-hydrogen) atoms. The maximum absolute atomic E-state index is 4.52. The van der Waals surface area contributed by atoms with E-state index in [1.807, 2.05) is 18.3 Å². The van der Waals surface area contributed by atoms with Gasteiger partial charge in [0.25, 0.3) is 0 Å². The third kappa shape index (κ3) is 2.22. The lowest BCUT2D eigenvalue weighted by molar-refractivity contribution is 0.961. The van der Waals surface area contributed by atoms with E-state index in [0.717, 1.165) is 39.9 Å². The highest BCUT2D eigenvalue weighted by Gasteiger charge is 2.13. The molecule has 0 saturated heterocycles. The molecule has 0 saturated carbocycles. The quantitative estimate of drug-likeness (QED) is 0.606. The molecular formula is C19H16N6. The number of nitrogens with zero attached hydrogens (tertiary/aromatic N) is 5. The van der Waals surface area contributed by atoms with E-state index in [1.54, 1.807) is 10.8 Å². The Morgan fingerprint density at radius 2 is 2.12 bits per heavy atom. The summed E-state index contributed by atoms with van der Waals surface area (Å²) in [4.78, 5) is 6.38. The summed E-state index contributed by atoms with van der Waals surface area (Å²) in [5, 5.41) is 12.9. The first-order chi connectivity index (χ1) is 12.3. The first kappa shape index (κ1) is 14.0. The van der Waals surface area contributed by atoms with Gasteiger partial charge in [-0.05, 0) is 43.7 Å². The van der Waals surface area contributed by atoms with Crippen molar-refractivity contribution in [3.8, 4) is 11.3 Å². The highest BCUT2D eigenvalue weighted by Crippen LogP contribution is 2.31.